The Morgan fingerprint density at radius 2 is 1.97 bits per heavy atom. The smallest absolute Gasteiger partial charge is 0.407 e. The van der Waals surface area contributed by atoms with Gasteiger partial charge in [-0.3, -0.25) is 9.36 Å². The minimum absolute atomic E-state index is 0.0264. The monoisotopic (exact) mass is 473 g/mol. The zero-order chi connectivity index (χ0) is 24.6. The molecule has 10 heteroatoms. The normalized spacial score (nSPS) is 21.3. The Kier molecular flexibility index (Phi) is 5.00. The van der Waals surface area contributed by atoms with Gasteiger partial charge in [0.1, 0.15) is 11.4 Å². The highest BCUT2D eigenvalue weighted by Gasteiger charge is 2.55. The number of fused-ring (bicyclic) bond motifs is 1. The van der Waals surface area contributed by atoms with E-state index in [-0.39, 0.29) is 22.8 Å². The number of rotatable bonds is 4. The summed E-state index contributed by atoms with van der Waals surface area (Å²) in [5, 5.41) is 3.00. The Morgan fingerprint density at radius 3 is 2.56 bits per heavy atom. The van der Waals surface area contributed by atoms with Gasteiger partial charge in [-0.05, 0) is 64.9 Å². The lowest BCUT2D eigenvalue weighted by Crippen LogP contribution is -2.44. The van der Waals surface area contributed by atoms with Crippen LogP contribution in [0, 0.1) is 24.1 Å². The highest BCUT2D eigenvalue weighted by atomic mass is 19.1. The van der Waals surface area contributed by atoms with Gasteiger partial charge in [0.25, 0.3) is 5.56 Å². The summed E-state index contributed by atoms with van der Waals surface area (Å²) in [5.41, 5.74) is -0.344. The molecular weight excluding hydrogens is 441 g/mol. The lowest BCUT2D eigenvalue weighted by atomic mass is 9.93. The van der Waals surface area contributed by atoms with E-state index in [1.54, 1.807) is 11.5 Å². The van der Waals surface area contributed by atoms with Crippen LogP contribution in [0.2, 0.25) is 0 Å². The molecule has 1 atom stereocenters. The first-order chi connectivity index (χ1) is 15.9. The Labute approximate surface area is 196 Å². The van der Waals surface area contributed by atoms with Gasteiger partial charge in [-0.25, -0.2) is 14.0 Å². The van der Waals surface area contributed by atoms with Crippen LogP contribution in [0.15, 0.2) is 15.7 Å². The predicted molar refractivity (Wildman–Crippen MR) is 127 cm³/mol. The van der Waals surface area contributed by atoms with Crippen molar-refractivity contribution in [2.45, 2.75) is 65.0 Å². The highest BCUT2D eigenvalue weighted by Crippen LogP contribution is 2.57. The van der Waals surface area contributed by atoms with Gasteiger partial charge in [0.15, 0.2) is 0 Å². The van der Waals surface area contributed by atoms with Crippen molar-refractivity contribution in [1.82, 2.24) is 14.6 Å². The Bertz CT molecular complexity index is 1300. The number of nitrogens with two attached hydrogens (primary N) is 1. The molecule has 3 aliphatic rings. The predicted octanol–water partition coefficient (Wildman–Crippen LogP) is 2.40. The molecule has 184 valence electrons. The van der Waals surface area contributed by atoms with Crippen molar-refractivity contribution in [1.29, 1.82) is 0 Å². The molecule has 34 heavy (non-hydrogen) atoms. The van der Waals surface area contributed by atoms with E-state index in [1.165, 1.54) is 6.07 Å². The fourth-order valence-corrected chi connectivity index (χ4v) is 5.45. The van der Waals surface area contributed by atoms with Crippen LogP contribution in [-0.2, 0) is 4.74 Å². The van der Waals surface area contributed by atoms with Crippen LogP contribution >= 0.6 is 0 Å². The van der Waals surface area contributed by atoms with Gasteiger partial charge >= 0.3 is 11.8 Å². The number of anilines is 1. The number of hydrogen-bond acceptors (Lipinski definition) is 6. The Balaban J connectivity index is 1.49. The summed E-state index contributed by atoms with van der Waals surface area (Å²) in [7, 11) is 0. The second kappa shape index (κ2) is 7.48. The number of alkyl carbamates (subject to hydrolysis) is 1. The molecule has 2 saturated carbocycles. The number of hydrogen-bond donors (Lipinski definition) is 2. The minimum Gasteiger partial charge on any atom is -0.444 e. The standard InChI is InChI=1S/C24H32FN5O4/c1-13-18-16(20(31)30(26)22(33)29(18)15-5-6-15)9-17(25)19(13)28-11-14(24(12-28)7-8-24)10-27-21(32)34-23(2,3)4/h9,14-15H,5-8,10-12,26H2,1-4H3,(H,27,32). The average molecular weight is 474 g/mol. The van der Waals surface area contributed by atoms with E-state index in [0.717, 1.165) is 25.7 Å². The van der Waals surface area contributed by atoms with E-state index in [0.29, 0.717) is 41.1 Å². The third-order valence-corrected chi connectivity index (χ3v) is 7.39. The third kappa shape index (κ3) is 3.73. The van der Waals surface area contributed by atoms with Crippen LogP contribution in [0.1, 0.15) is 58.1 Å². The van der Waals surface area contributed by atoms with Crippen LogP contribution in [0.5, 0.6) is 0 Å². The van der Waals surface area contributed by atoms with Crippen molar-refractivity contribution in [3.63, 3.8) is 0 Å². The maximum absolute atomic E-state index is 15.5. The molecule has 0 bridgehead atoms. The van der Waals surface area contributed by atoms with E-state index in [1.807, 2.05) is 25.7 Å². The average Bonchev–Trinajstić information content (AvgIpc) is 3.64. The fourth-order valence-electron chi connectivity index (χ4n) is 5.45. The molecule has 5 rings (SSSR count). The van der Waals surface area contributed by atoms with Crippen molar-refractivity contribution >= 4 is 22.7 Å². The van der Waals surface area contributed by atoms with Crippen molar-refractivity contribution in [3.05, 3.63) is 38.3 Å². The van der Waals surface area contributed by atoms with Crippen molar-refractivity contribution in [3.8, 4) is 0 Å². The van der Waals surface area contributed by atoms with Crippen molar-refractivity contribution in [2.24, 2.45) is 11.3 Å². The number of amides is 1. The first kappa shape index (κ1) is 22.7. The lowest BCUT2D eigenvalue weighted by Gasteiger charge is -2.24. The molecule has 1 aromatic carbocycles. The number of halogens is 1. The summed E-state index contributed by atoms with van der Waals surface area (Å²) in [5.74, 6) is 5.38. The quantitative estimate of drug-likeness (QED) is 0.660. The number of aryl methyl sites for hydroxylation is 1. The summed E-state index contributed by atoms with van der Waals surface area (Å²) in [4.78, 5) is 39.7. The molecule has 1 spiro atoms. The summed E-state index contributed by atoms with van der Waals surface area (Å²) >= 11 is 0. The molecule has 2 aromatic rings. The first-order valence-corrected chi connectivity index (χ1v) is 11.9. The number of benzene rings is 1. The van der Waals surface area contributed by atoms with Gasteiger partial charge in [-0.1, -0.05) is 0 Å². The summed E-state index contributed by atoms with van der Waals surface area (Å²) in [6.45, 7) is 8.91. The Hall–Kier alpha value is -3.04. The summed E-state index contributed by atoms with van der Waals surface area (Å²) < 4.78 is 23.0. The zero-order valence-electron chi connectivity index (χ0n) is 20.1. The molecular formula is C24H32FN5O4. The van der Waals surface area contributed by atoms with E-state index < -0.39 is 28.8 Å². The van der Waals surface area contributed by atoms with Crippen molar-refractivity contribution < 1.29 is 13.9 Å². The number of carbonyl (C=O) groups excluding carboxylic acids is 1. The molecule has 2 aliphatic carbocycles. The van der Waals surface area contributed by atoms with Gasteiger partial charge in [-0.15, -0.1) is 0 Å². The maximum Gasteiger partial charge on any atom is 0.407 e. The van der Waals surface area contributed by atoms with Crippen LogP contribution in [0.4, 0.5) is 14.9 Å². The molecule has 3 fully saturated rings. The number of nitrogens with one attached hydrogen (secondary N) is 1. The summed E-state index contributed by atoms with van der Waals surface area (Å²) in [6, 6.07) is 1.19. The van der Waals surface area contributed by atoms with Crippen LogP contribution < -0.4 is 27.3 Å². The largest absolute Gasteiger partial charge is 0.444 e. The molecule has 0 radical (unpaired) electrons. The molecule has 1 saturated heterocycles. The second-order valence-corrected chi connectivity index (χ2v) is 11.1. The number of nitrogen functional groups attached to an aromatic ring is 1. The maximum atomic E-state index is 15.5. The van der Waals surface area contributed by atoms with Crippen molar-refractivity contribution in [2.75, 3.05) is 30.4 Å². The fraction of sp³-hybridized carbons (Fsp3) is 0.625. The van der Waals surface area contributed by atoms with Gasteiger partial charge in [-0.2, -0.15) is 4.68 Å². The van der Waals surface area contributed by atoms with E-state index >= 15 is 4.39 Å². The Morgan fingerprint density at radius 1 is 1.29 bits per heavy atom. The molecule has 1 aliphatic heterocycles. The minimum atomic E-state index is -0.690. The van der Waals surface area contributed by atoms with Gasteiger partial charge < -0.3 is 20.8 Å². The first-order valence-electron chi connectivity index (χ1n) is 11.9. The van der Waals surface area contributed by atoms with Crippen LogP contribution in [0.3, 0.4) is 0 Å². The molecule has 3 N–H and O–H groups in total. The van der Waals surface area contributed by atoms with Gasteiger partial charge in [0.05, 0.1) is 16.6 Å². The van der Waals surface area contributed by atoms with E-state index in [4.69, 9.17) is 10.6 Å². The number of carbonyl (C=O) groups is 1. The van der Waals surface area contributed by atoms with Gasteiger partial charge in [0, 0.05) is 37.2 Å². The highest BCUT2D eigenvalue weighted by molar-refractivity contribution is 5.87. The summed E-state index contributed by atoms with van der Waals surface area (Å²) in [6.07, 6.45) is 3.22. The third-order valence-electron chi connectivity index (χ3n) is 7.39. The zero-order valence-corrected chi connectivity index (χ0v) is 20.1. The SMILES string of the molecule is Cc1c(N2CC(CNC(=O)OC(C)(C)C)C3(CC3)C2)c(F)cc2c(=O)n(N)c(=O)n(C3CC3)c12. The number of ether oxygens (including phenoxy) is 1. The van der Waals surface area contributed by atoms with Crippen LogP contribution in [-0.4, -0.2) is 40.6 Å². The van der Waals surface area contributed by atoms with Crippen LogP contribution in [0.25, 0.3) is 10.9 Å². The molecule has 2 heterocycles. The van der Waals surface area contributed by atoms with Gasteiger partial charge in [0.2, 0.25) is 0 Å². The molecule has 9 nitrogen and oxygen atoms in total. The van der Waals surface area contributed by atoms with E-state index in [9.17, 15) is 14.4 Å². The number of nitrogens with zero attached hydrogens (tertiary/aromatic N) is 3. The topological polar surface area (TPSA) is 112 Å². The molecule has 1 unspecified atom stereocenters. The number of aromatic nitrogens is 2. The second-order valence-electron chi connectivity index (χ2n) is 11.1. The molecule has 1 amide bonds. The lowest BCUT2D eigenvalue weighted by molar-refractivity contribution is 0.0516. The molecule has 1 aromatic heterocycles. The van der Waals surface area contributed by atoms with E-state index in [2.05, 4.69) is 5.32 Å².